The lowest BCUT2D eigenvalue weighted by Gasteiger charge is -2.29. The second-order valence-electron chi connectivity index (χ2n) is 9.91. The molecule has 0 aliphatic carbocycles. The maximum absolute atomic E-state index is 12.9. The van der Waals surface area contributed by atoms with Crippen molar-refractivity contribution < 1.29 is 24.0 Å². The second-order valence-corrected chi connectivity index (χ2v) is 9.91. The van der Waals surface area contributed by atoms with Gasteiger partial charge in [-0.05, 0) is 54.3 Å². The zero-order valence-electron chi connectivity index (χ0n) is 21.5. The Kier molecular flexibility index (Phi) is 7.67. The van der Waals surface area contributed by atoms with Gasteiger partial charge in [0.25, 0.3) is 11.8 Å². The zero-order valence-corrected chi connectivity index (χ0v) is 21.5. The Balaban J connectivity index is 1.06. The monoisotopic (exact) mass is 526 g/mol. The first-order chi connectivity index (χ1) is 18.9. The molecule has 1 atom stereocenters. The van der Waals surface area contributed by atoms with Crippen molar-refractivity contribution in [3.63, 3.8) is 0 Å². The standard InChI is InChI=1S/C30H30N4O5/c35-26(11-2-1-5-16-31-28(37)21-13-12-19-7-3-4-8-20(19)17-21)32-24-10-6-9-22-23(24)18-34(30(22)39)25-14-15-27(36)33-29(25)38/h3-4,6-10,12-13,17,25H,1-2,5,11,14-16,18H2,(H,31,37)(H,32,35)(H,33,36,38). The smallest absolute Gasteiger partial charge is 0.255 e. The normalized spacial score (nSPS) is 16.7. The van der Waals surface area contributed by atoms with Gasteiger partial charge in [-0.15, -0.1) is 0 Å². The number of carbonyl (C=O) groups is 5. The van der Waals surface area contributed by atoms with Crippen LogP contribution >= 0.6 is 0 Å². The zero-order chi connectivity index (χ0) is 27.4. The molecule has 2 heterocycles. The van der Waals surface area contributed by atoms with Gasteiger partial charge in [0.05, 0.1) is 0 Å². The van der Waals surface area contributed by atoms with Crippen LogP contribution in [0.5, 0.6) is 0 Å². The van der Waals surface area contributed by atoms with Crippen LogP contribution in [0.1, 0.15) is 64.8 Å². The third-order valence-electron chi connectivity index (χ3n) is 7.23. The molecule has 9 heteroatoms. The molecule has 3 aromatic carbocycles. The van der Waals surface area contributed by atoms with Crippen molar-refractivity contribution in [3.05, 3.63) is 77.4 Å². The lowest BCUT2D eigenvalue weighted by molar-refractivity contribution is -0.137. The largest absolute Gasteiger partial charge is 0.352 e. The predicted molar refractivity (Wildman–Crippen MR) is 146 cm³/mol. The first-order valence-electron chi connectivity index (χ1n) is 13.2. The van der Waals surface area contributed by atoms with E-state index in [0.29, 0.717) is 41.8 Å². The Labute approximate surface area is 225 Å². The van der Waals surface area contributed by atoms with Crippen molar-refractivity contribution >= 4 is 46.0 Å². The van der Waals surface area contributed by atoms with Gasteiger partial charge in [-0.3, -0.25) is 29.3 Å². The van der Waals surface area contributed by atoms with E-state index in [9.17, 15) is 24.0 Å². The number of nitrogens with zero attached hydrogens (tertiary/aromatic N) is 1. The van der Waals surface area contributed by atoms with Crippen LogP contribution in [-0.4, -0.2) is 47.0 Å². The molecule has 200 valence electrons. The topological polar surface area (TPSA) is 125 Å². The molecule has 0 bridgehead atoms. The minimum atomic E-state index is -0.701. The molecule has 2 aliphatic heterocycles. The maximum atomic E-state index is 12.9. The lowest BCUT2D eigenvalue weighted by atomic mass is 10.0. The highest BCUT2D eigenvalue weighted by atomic mass is 16.2. The molecule has 5 rings (SSSR count). The van der Waals surface area contributed by atoms with Crippen LogP contribution in [0.15, 0.2) is 60.7 Å². The Morgan fingerprint density at radius 2 is 1.74 bits per heavy atom. The molecule has 1 saturated heterocycles. The van der Waals surface area contributed by atoms with Crippen LogP contribution in [-0.2, 0) is 20.9 Å². The highest BCUT2D eigenvalue weighted by molar-refractivity contribution is 6.06. The minimum absolute atomic E-state index is 0.114. The summed E-state index contributed by atoms with van der Waals surface area (Å²) in [5, 5.41) is 10.2. The number of imide groups is 1. The van der Waals surface area contributed by atoms with Crippen molar-refractivity contribution in [1.29, 1.82) is 0 Å². The van der Waals surface area contributed by atoms with E-state index in [1.807, 2.05) is 42.5 Å². The molecule has 9 nitrogen and oxygen atoms in total. The Morgan fingerprint density at radius 1 is 0.923 bits per heavy atom. The van der Waals surface area contributed by atoms with Gasteiger partial charge < -0.3 is 15.5 Å². The van der Waals surface area contributed by atoms with Gasteiger partial charge >= 0.3 is 0 Å². The van der Waals surface area contributed by atoms with E-state index in [-0.39, 0.29) is 43.0 Å². The molecule has 1 unspecified atom stereocenters. The highest BCUT2D eigenvalue weighted by Crippen LogP contribution is 2.32. The quantitative estimate of drug-likeness (QED) is 0.291. The molecule has 3 aromatic rings. The number of hydrogen-bond acceptors (Lipinski definition) is 5. The summed E-state index contributed by atoms with van der Waals surface area (Å²) in [6, 6.07) is 18.0. The van der Waals surface area contributed by atoms with Gasteiger partial charge in [0, 0.05) is 48.3 Å². The van der Waals surface area contributed by atoms with Gasteiger partial charge in [0.2, 0.25) is 17.7 Å². The average Bonchev–Trinajstić information content (AvgIpc) is 3.27. The van der Waals surface area contributed by atoms with Crippen molar-refractivity contribution in [3.8, 4) is 0 Å². The number of piperidine rings is 1. The molecular weight excluding hydrogens is 496 g/mol. The summed E-state index contributed by atoms with van der Waals surface area (Å²) in [5.74, 6) is -1.35. The number of amides is 5. The third kappa shape index (κ3) is 5.82. The molecule has 3 N–H and O–H groups in total. The summed E-state index contributed by atoms with van der Waals surface area (Å²) in [7, 11) is 0. The SMILES string of the molecule is O=C1CCC(N2Cc3c(NC(=O)CCCCCNC(=O)c4ccc5ccccc5c4)cccc3C2=O)C(=O)N1. The van der Waals surface area contributed by atoms with Crippen LogP contribution in [0.3, 0.4) is 0 Å². The third-order valence-corrected chi connectivity index (χ3v) is 7.23. The Bertz CT molecular complexity index is 1470. The van der Waals surface area contributed by atoms with Gasteiger partial charge in [0.1, 0.15) is 6.04 Å². The van der Waals surface area contributed by atoms with Crippen molar-refractivity contribution in [2.24, 2.45) is 0 Å². The van der Waals surface area contributed by atoms with Crippen LogP contribution in [0.2, 0.25) is 0 Å². The summed E-state index contributed by atoms with van der Waals surface area (Å²) >= 11 is 0. The van der Waals surface area contributed by atoms with E-state index >= 15 is 0 Å². The summed E-state index contributed by atoms with van der Waals surface area (Å²) < 4.78 is 0. The minimum Gasteiger partial charge on any atom is -0.352 e. The summed E-state index contributed by atoms with van der Waals surface area (Å²) in [6.07, 6.45) is 2.98. The lowest BCUT2D eigenvalue weighted by Crippen LogP contribution is -2.52. The van der Waals surface area contributed by atoms with E-state index < -0.39 is 11.9 Å². The van der Waals surface area contributed by atoms with E-state index in [0.717, 1.165) is 23.6 Å². The van der Waals surface area contributed by atoms with Gasteiger partial charge in [-0.25, -0.2) is 0 Å². The van der Waals surface area contributed by atoms with Crippen molar-refractivity contribution in [1.82, 2.24) is 15.5 Å². The number of rotatable bonds is 9. The molecule has 0 aromatic heterocycles. The molecular formula is C30H30N4O5. The number of benzene rings is 3. The number of anilines is 1. The van der Waals surface area contributed by atoms with Crippen LogP contribution in [0.4, 0.5) is 5.69 Å². The fourth-order valence-electron chi connectivity index (χ4n) is 5.14. The first kappa shape index (κ1) is 26.1. The number of unbranched alkanes of at least 4 members (excludes halogenated alkanes) is 2. The molecule has 0 spiro atoms. The van der Waals surface area contributed by atoms with Gasteiger partial charge in [0.15, 0.2) is 0 Å². The molecule has 0 radical (unpaired) electrons. The van der Waals surface area contributed by atoms with Gasteiger partial charge in [-0.2, -0.15) is 0 Å². The summed E-state index contributed by atoms with van der Waals surface area (Å²) in [6.45, 7) is 0.728. The van der Waals surface area contributed by atoms with E-state index in [2.05, 4.69) is 16.0 Å². The molecule has 2 aliphatic rings. The van der Waals surface area contributed by atoms with Gasteiger partial charge in [-0.1, -0.05) is 42.8 Å². The number of nitrogens with one attached hydrogen (secondary N) is 3. The van der Waals surface area contributed by atoms with Crippen LogP contribution in [0.25, 0.3) is 10.8 Å². The van der Waals surface area contributed by atoms with Crippen molar-refractivity contribution in [2.45, 2.75) is 51.1 Å². The molecule has 39 heavy (non-hydrogen) atoms. The fourth-order valence-corrected chi connectivity index (χ4v) is 5.14. The van der Waals surface area contributed by atoms with Crippen molar-refractivity contribution in [2.75, 3.05) is 11.9 Å². The van der Waals surface area contributed by atoms with Crippen LogP contribution < -0.4 is 16.0 Å². The number of carbonyl (C=O) groups excluding carboxylic acids is 5. The molecule has 1 fully saturated rings. The molecule has 0 saturated carbocycles. The predicted octanol–water partition coefficient (Wildman–Crippen LogP) is 3.53. The highest BCUT2D eigenvalue weighted by Gasteiger charge is 2.39. The fraction of sp³-hybridized carbons (Fsp3) is 0.300. The number of fused-ring (bicyclic) bond motifs is 2. The Morgan fingerprint density at radius 3 is 2.56 bits per heavy atom. The number of hydrogen-bond donors (Lipinski definition) is 3. The summed E-state index contributed by atoms with van der Waals surface area (Å²) in [5.41, 5.74) is 2.32. The molecule has 5 amide bonds. The average molecular weight is 527 g/mol. The van der Waals surface area contributed by atoms with E-state index in [4.69, 9.17) is 0 Å². The second kappa shape index (κ2) is 11.5. The summed E-state index contributed by atoms with van der Waals surface area (Å²) in [4.78, 5) is 63.3. The first-order valence-corrected chi connectivity index (χ1v) is 13.2. The van der Waals surface area contributed by atoms with E-state index in [1.165, 1.54) is 4.90 Å². The Hall–Kier alpha value is -4.53. The van der Waals surface area contributed by atoms with Crippen LogP contribution in [0, 0.1) is 0 Å². The van der Waals surface area contributed by atoms with E-state index in [1.54, 1.807) is 18.2 Å². The maximum Gasteiger partial charge on any atom is 0.255 e.